The Kier molecular flexibility index (Phi) is 7.27. The number of rotatable bonds is 3. The zero-order valence-corrected chi connectivity index (χ0v) is 5.76. The van der Waals surface area contributed by atoms with Gasteiger partial charge in [-0.05, 0) is 0 Å². The molecular weight excluding hydrogens is 128 g/mol. The van der Waals surface area contributed by atoms with Gasteiger partial charge in [-0.1, -0.05) is 17.8 Å². The van der Waals surface area contributed by atoms with E-state index in [4.69, 9.17) is 16.3 Å². The van der Waals surface area contributed by atoms with E-state index < -0.39 is 0 Å². The van der Waals surface area contributed by atoms with Crippen LogP contribution in [0, 0.1) is 24.2 Å². The van der Waals surface area contributed by atoms with Crippen LogP contribution in [0.25, 0.3) is 0 Å². The summed E-state index contributed by atoms with van der Waals surface area (Å²) >= 11 is 0. The Morgan fingerprint density at radius 2 is 2.20 bits per heavy atom. The van der Waals surface area contributed by atoms with E-state index in [9.17, 15) is 0 Å². The molecule has 2 heteroatoms. The molecule has 0 fully saturated rings. The van der Waals surface area contributed by atoms with Gasteiger partial charge in [0.1, 0.15) is 13.2 Å². The summed E-state index contributed by atoms with van der Waals surface area (Å²) in [7, 11) is 0. The quantitative estimate of drug-likeness (QED) is 0.440. The van der Waals surface area contributed by atoms with E-state index in [1.54, 1.807) is 0 Å². The van der Waals surface area contributed by atoms with Crippen molar-refractivity contribution in [2.75, 3.05) is 19.8 Å². The van der Waals surface area contributed by atoms with Crippen molar-refractivity contribution in [1.82, 2.24) is 0 Å². The Morgan fingerprint density at radius 3 is 2.80 bits per heavy atom. The molecule has 0 aliphatic heterocycles. The summed E-state index contributed by atoms with van der Waals surface area (Å²) in [6.45, 7) is 0.785. The van der Waals surface area contributed by atoms with Crippen molar-refractivity contribution in [2.45, 2.75) is 6.42 Å². The minimum absolute atomic E-state index is 0.0882. The van der Waals surface area contributed by atoms with Crippen molar-refractivity contribution in [3.8, 4) is 24.2 Å². The lowest BCUT2D eigenvalue weighted by Gasteiger charge is -1.91. The third-order valence-corrected chi connectivity index (χ3v) is 0.761. The van der Waals surface area contributed by atoms with Crippen LogP contribution >= 0.6 is 0 Å². The molecule has 0 amide bonds. The Balaban J connectivity index is 2.99. The van der Waals surface area contributed by atoms with Crippen molar-refractivity contribution >= 4 is 0 Å². The molecule has 0 saturated carbocycles. The van der Waals surface area contributed by atoms with Crippen LogP contribution in [0.3, 0.4) is 0 Å². The topological polar surface area (TPSA) is 29.5 Å². The Hall–Kier alpha value is -0.960. The molecule has 0 rings (SSSR count). The van der Waals surface area contributed by atoms with E-state index in [0.717, 1.165) is 0 Å². The highest BCUT2D eigenvalue weighted by Crippen LogP contribution is 1.78. The summed E-state index contributed by atoms with van der Waals surface area (Å²) in [6, 6.07) is 0. The molecule has 0 atom stereocenters. The van der Waals surface area contributed by atoms with Crippen molar-refractivity contribution in [2.24, 2.45) is 0 Å². The van der Waals surface area contributed by atoms with Gasteiger partial charge in [-0.25, -0.2) is 0 Å². The highest BCUT2D eigenvalue weighted by Gasteiger charge is 1.79. The van der Waals surface area contributed by atoms with Gasteiger partial charge in [0.25, 0.3) is 0 Å². The largest absolute Gasteiger partial charge is 0.384 e. The SMILES string of the molecule is C#CCOCCC#CCO. The van der Waals surface area contributed by atoms with Gasteiger partial charge >= 0.3 is 0 Å². The average molecular weight is 138 g/mol. The summed E-state index contributed by atoms with van der Waals surface area (Å²) < 4.78 is 4.91. The zero-order valence-electron chi connectivity index (χ0n) is 5.76. The lowest BCUT2D eigenvalue weighted by molar-refractivity contribution is 0.174. The van der Waals surface area contributed by atoms with E-state index in [1.807, 2.05) is 0 Å². The lowest BCUT2D eigenvalue weighted by atomic mass is 10.4. The second-order valence-corrected chi connectivity index (χ2v) is 1.52. The van der Waals surface area contributed by atoms with Crippen LogP contribution in [-0.2, 0) is 4.74 Å². The number of aliphatic hydroxyl groups is 1. The Morgan fingerprint density at radius 1 is 1.40 bits per heavy atom. The standard InChI is InChI=1S/C8H10O2/c1-2-7-10-8-5-3-4-6-9/h1,9H,5-8H2. The van der Waals surface area contributed by atoms with Gasteiger partial charge in [0.2, 0.25) is 0 Å². The van der Waals surface area contributed by atoms with Crippen LogP contribution in [-0.4, -0.2) is 24.9 Å². The number of terminal acetylenes is 1. The summed E-state index contributed by atoms with van der Waals surface area (Å²) in [5.74, 6) is 7.54. The van der Waals surface area contributed by atoms with Crippen LogP contribution in [0.4, 0.5) is 0 Å². The molecule has 0 aliphatic rings. The molecule has 0 heterocycles. The molecule has 0 bridgehead atoms. The maximum atomic E-state index is 8.22. The van der Waals surface area contributed by atoms with E-state index in [-0.39, 0.29) is 6.61 Å². The van der Waals surface area contributed by atoms with Gasteiger partial charge in [0.05, 0.1) is 6.61 Å². The summed E-state index contributed by atoms with van der Waals surface area (Å²) in [5.41, 5.74) is 0. The van der Waals surface area contributed by atoms with Crippen molar-refractivity contribution < 1.29 is 9.84 Å². The Bertz CT molecular complexity index is 156. The van der Waals surface area contributed by atoms with E-state index in [1.165, 1.54) is 0 Å². The van der Waals surface area contributed by atoms with Crippen LogP contribution in [0.2, 0.25) is 0 Å². The molecule has 0 aromatic rings. The fourth-order valence-electron chi connectivity index (χ4n) is 0.399. The molecule has 0 unspecified atom stereocenters. The maximum Gasteiger partial charge on any atom is 0.107 e. The first-order chi connectivity index (χ1) is 4.91. The fraction of sp³-hybridized carbons (Fsp3) is 0.500. The zero-order chi connectivity index (χ0) is 7.66. The van der Waals surface area contributed by atoms with Crippen LogP contribution in [0.5, 0.6) is 0 Å². The van der Waals surface area contributed by atoms with Gasteiger partial charge in [-0.3, -0.25) is 0 Å². The first-order valence-electron chi connectivity index (χ1n) is 2.99. The molecule has 1 N–H and O–H groups in total. The van der Waals surface area contributed by atoms with Crippen LogP contribution < -0.4 is 0 Å². The highest BCUT2D eigenvalue weighted by molar-refractivity contribution is 4.98. The first-order valence-corrected chi connectivity index (χ1v) is 2.99. The number of aliphatic hydroxyl groups excluding tert-OH is 1. The molecule has 10 heavy (non-hydrogen) atoms. The summed E-state index contributed by atoms with van der Waals surface area (Å²) in [6.07, 6.45) is 5.55. The molecule has 0 aromatic heterocycles. The average Bonchev–Trinajstić information content (AvgIpc) is 1.97. The molecular formula is C8H10O2. The second kappa shape index (κ2) is 8.04. The van der Waals surface area contributed by atoms with Gasteiger partial charge in [-0.15, -0.1) is 6.42 Å². The molecule has 0 spiro atoms. The molecule has 0 saturated heterocycles. The predicted octanol–water partition coefficient (Wildman–Crippen LogP) is 0.0220. The highest BCUT2D eigenvalue weighted by atomic mass is 16.5. The van der Waals surface area contributed by atoms with Crippen LogP contribution in [0.1, 0.15) is 6.42 Å². The smallest absolute Gasteiger partial charge is 0.107 e. The fourth-order valence-corrected chi connectivity index (χ4v) is 0.399. The molecule has 2 nitrogen and oxygen atoms in total. The Labute approximate surface area is 61.2 Å². The second-order valence-electron chi connectivity index (χ2n) is 1.52. The minimum atomic E-state index is -0.0882. The maximum absolute atomic E-state index is 8.22. The molecule has 0 aliphatic carbocycles. The van der Waals surface area contributed by atoms with E-state index in [0.29, 0.717) is 19.6 Å². The molecule has 0 radical (unpaired) electrons. The third kappa shape index (κ3) is 7.04. The van der Waals surface area contributed by atoms with Crippen molar-refractivity contribution in [3.05, 3.63) is 0 Å². The number of hydrogen-bond acceptors (Lipinski definition) is 2. The normalized spacial score (nSPS) is 7.60. The minimum Gasteiger partial charge on any atom is -0.384 e. The predicted molar refractivity (Wildman–Crippen MR) is 39.1 cm³/mol. The number of ether oxygens (including phenoxy) is 1. The summed E-state index contributed by atoms with van der Waals surface area (Å²) in [5, 5.41) is 8.22. The van der Waals surface area contributed by atoms with Gasteiger partial charge < -0.3 is 9.84 Å². The van der Waals surface area contributed by atoms with E-state index in [2.05, 4.69) is 17.8 Å². The van der Waals surface area contributed by atoms with Crippen molar-refractivity contribution in [3.63, 3.8) is 0 Å². The van der Waals surface area contributed by atoms with Gasteiger partial charge in [0, 0.05) is 6.42 Å². The van der Waals surface area contributed by atoms with E-state index >= 15 is 0 Å². The monoisotopic (exact) mass is 138 g/mol. The third-order valence-electron chi connectivity index (χ3n) is 0.761. The van der Waals surface area contributed by atoms with Gasteiger partial charge in [0.15, 0.2) is 0 Å². The van der Waals surface area contributed by atoms with Crippen molar-refractivity contribution in [1.29, 1.82) is 0 Å². The van der Waals surface area contributed by atoms with Crippen LogP contribution in [0.15, 0.2) is 0 Å². The number of hydrogen-bond donors (Lipinski definition) is 1. The summed E-state index contributed by atoms with van der Waals surface area (Å²) in [4.78, 5) is 0. The first kappa shape index (κ1) is 9.04. The lowest BCUT2D eigenvalue weighted by Crippen LogP contribution is -1.92. The molecule has 54 valence electrons. The van der Waals surface area contributed by atoms with Gasteiger partial charge in [-0.2, -0.15) is 0 Å². The molecule has 0 aromatic carbocycles.